The zero-order chi connectivity index (χ0) is 16.3. The van der Waals surface area contributed by atoms with Gasteiger partial charge in [0, 0.05) is 6.04 Å². The molecule has 0 spiro atoms. The van der Waals surface area contributed by atoms with Crippen molar-refractivity contribution in [3.8, 4) is 5.69 Å². The Hall–Kier alpha value is -2.41. The third-order valence-corrected chi connectivity index (χ3v) is 3.64. The lowest BCUT2D eigenvalue weighted by Gasteiger charge is -2.16. The summed E-state index contributed by atoms with van der Waals surface area (Å²) < 4.78 is 1.39. The van der Waals surface area contributed by atoms with Crippen molar-refractivity contribution in [1.29, 1.82) is 0 Å². The number of carboxylic acids is 1. The van der Waals surface area contributed by atoms with Crippen LogP contribution in [0.4, 0.5) is 0 Å². The Morgan fingerprint density at radius 2 is 2.00 bits per heavy atom. The third kappa shape index (κ3) is 3.43. The Morgan fingerprint density at radius 1 is 1.32 bits per heavy atom. The van der Waals surface area contributed by atoms with Crippen molar-refractivity contribution in [2.24, 2.45) is 5.92 Å². The minimum Gasteiger partial charge on any atom is -0.481 e. The van der Waals surface area contributed by atoms with Gasteiger partial charge in [-0.1, -0.05) is 28.9 Å². The highest BCUT2D eigenvalue weighted by Gasteiger charge is 2.22. The van der Waals surface area contributed by atoms with Crippen molar-refractivity contribution in [3.63, 3.8) is 0 Å². The molecule has 0 aliphatic heterocycles. The molecule has 2 aromatic rings. The first kappa shape index (κ1) is 16.0. The van der Waals surface area contributed by atoms with Gasteiger partial charge in [0.25, 0.3) is 5.91 Å². The van der Waals surface area contributed by atoms with E-state index in [1.54, 1.807) is 31.2 Å². The minimum atomic E-state index is -0.979. The molecule has 22 heavy (non-hydrogen) atoms. The fourth-order valence-corrected chi connectivity index (χ4v) is 1.97. The summed E-state index contributed by atoms with van der Waals surface area (Å²) in [6, 6.07) is 6.49. The van der Waals surface area contributed by atoms with Crippen LogP contribution in [0.2, 0.25) is 5.02 Å². The van der Waals surface area contributed by atoms with E-state index in [-0.39, 0.29) is 5.69 Å². The van der Waals surface area contributed by atoms with Crippen LogP contribution in [-0.2, 0) is 4.79 Å². The maximum Gasteiger partial charge on any atom is 0.308 e. The second kappa shape index (κ2) is 6.57. The summed E-state index contributed by atoms with van der Waals surface area (Å²) in [4.78, 5) is 22.9. The Balaban J connectivity index is 2.13. The van der Waals surface area contributed by atoms with Gasteiger partial charge in [0.05, 0.1) is 22.8 Å². The molecule has 2 N–H and O–H groups in total. The zero-order valence-electron chi connectivity index (χ0n) is 12.0. The standard InChI is InChI=1S/C14H15ClN4O3/c1-8(14(21)22)9(2)16-13(20)11-7-19(18-17-11)12-6-4-3-5-10(12)15/h3-9H,1-2H3,(H,16,20)(H,21,22). The number of rotatable bonds is 5. The Kier molecular flexibility index (Phi) is 4.77. The molecule has 0 saturated heterocycles. The van der Waals surface area contributed by atoms with Crippen molar-refractivity contribution in [3.05, 3.63) is 41.2 Å². The molecule has 0 radical (unpaired) electrons. The number of carboxylic acid groups (broad SMARTS) is 1. The SMILES string of the molecule is CC(NC(=O)c1cn(-c2ccccc2Cl)nn1)C(C)C(=O)O. The van der Waals surface area contributed by atoms with Crippen LogP contribution in [-0.4, -0.2) is 38.0 Å². The Bertz CT molecular complexity index is 701. The van der Waals surface area contributed by atoms with Crippen LogP contribution in [0, 0.1) is 5.92 Å². The summed E-state index contributed by atoms with van der Waals surface area (Å²) in [5.41, 5.74) is 0.687. The number of halogens is 1. The zero-order valence-corrected chi connectivity index (χ0v) is 12.8. The van der Waals surface area contributed by atoms with Crippen LogP contribution < -0.4 is 5.32 Å². The normalized spacial score (nSPS) is 13.4. The molecule has 0 saturated carbocycles. The number of para-hydroxylation sites is 1. The van der Waals surface area contributed by atoms with Crippen LogP contribution in [0.15, 0.2) is 30.5 Å². The van der Waals surface area contributed by atoms with Crippen LogP contribution in [0.25, 0.3) is 5.69 Å². The average Bonchev–Trinajstić information content (AvgIpc) is 2.96. The molecule has 1 amide bonds. The highest BCUT2D eigenvalue weighted by molar-refractivity contribution is 6.32. The van der Waals surface area contributed by atoms with Crippen molar-refractivity contribution >= 4 is 23.5 Å². The predicted octanol–water partition coefficient (Wildman–Crippen LogP) is 1.76. The molecule has 2 unspecified atom stereocenters. The van der Waals surface area contributed by atoms with Crippen LogP contribution in [0.3, 0.4) is 0 Å². The molecule has 8 heteroatoms. The first-order valence-electron chi connectivity index (χ1n) is 6.61. The molecule has 1 heterocycles. The number of aliphatic carboxylic acids is 1. The van der Waals surface area contributed by atoms with E-state index in [1.165, 1.54) is 17.8 Å². The second-order valence-corrected chi connectivity index (χ2v) is 5.30. The third-order valence-electron chi connectivity index (χ3n) is 3.32. The fourth-order valence-electron chi connectivity index (χ4n) is 1.74. The quantitative estimate of drug-likeness (QED) is 0.874. The predicted molar refractivity (Wildman–Crippen MR) is 80.1 cm³/mol. The van der Waals surface area contributed by atoms with E-state index in [2.05, 4.69) is 15.6 Å². The number of amides is 1. The first-order chi connectivity index (χ1) is 10.4. The molecule has 2 rings (SSSR count). The maximum atomic E-state index is 12.1. The summed E-state index contributed by atoms with van der Waals surface area (Å²) in [7, 11) is 0. The van der Waals surface area contributed by atoms with Crippen molar-refractivity contribution in [2.75, 3.05) is 0 Å². The number of aromatic nitrogens is 3. The molecule has 0 aliphatic carbocycles. The highest BCUT2D eigenvalue weighted by Crippen LogP contribution is 2.18. The van der Waals surface area contributed by atoms with E-state index >= 15 is 0 Å². The molecule has 1 aromatic heterocycles. The van der Waals surface area contributed by atoms with E-state index in [1.807, 2.05) is 0 Å². The number of nitrogens with zero attached hydrogens (tertiary/aromatic N) is 3. The summed E-state index contributed by atoms with van der Waals surface area (Å²) in [6.07, 6.45) is 1.44. The van der Waals surface area contributed by atoms with Gasteiger partial charge < -0.3 is 10.4 Å². The van der Waals surface area contributed by atoms with Crippen LogP contribution >= 0.6 is 11.6 Å². The first-order valence-corrected chi connectivity index (χ1v) is 6.99. The van der Waals surface area contributed by atoms with Gasteiger partial charge in [-0.25, -0.2) is 4.68 Å². The summed E-state index contributed by atoms with van der Waals surface area (Å²) in [5.74, 6) is -2.17. The molecule has 1 aromatic carbocycles. The second-order valence-electron chi connectivity index (χ2n) is 4.89. The van der Waals surface area contributed by atoms with E-state index in [4.69, 9.17) is 16.7 Å². The molecule has 116 valence electrons. The number of carbonyl (C=O) groups excluding carboxylic acids is 1. The lowest BCUT2D eigenvalue weighted by molar-refractivity contribution is -0.141. The maximum absolute atomic E-state index is 12.1. The molecule has 7 nitrogen and oxygen atoms in total. The van der Waals surface area contributed by atoms with Crippen molar-refractivity contribution in [2.45, 2.75) is 19.9 Å². The number of hydrogen-bond acceptors (Lipinski definition) is 4. The van der Waals surface area contributed by atoms with Gasteiger partial charge in [-0.2, -0.15) is 0 Å². The van der Waals surface area contributed by atoms with Crippen LogP contribution in [0.1, 0.15) is 24.3 Å². The van der Waals surface area contributed by atoms with E-state index < -0.39 is 23.8 Å². The number of benzene rings is 1. The topological polar surface area (TPSA) is 97.1 Å². The molecule has 0 bridgehead atoms. The van der Waals surface area contributed by atoms with Gasteiger partial charge >= 0.3 is 5.97 Å². The Morgan fingerprint density at radius 3 is 2.64 bits per heavy atom. The molecular weight excluding hydrogens is 308 g/mol. The average molecular weight is 323 g/mol. The molecule has 2 atom stereocenters. The van der Waals surface area contributed by atoms with Gasteiger partial charge in [-0.3, -0.25) is 9.59 Å². The Labute approximate surface area is 131 Å². The van der Waals surface area contributed by atoms with Crippen LogP contribution in [0.5, 0.6) is 0 Å². The largest absolute Gasteiger partial charge is 0.481 e. The molecular formula is C14H15ClN4O3. The van der Waals surface area contributed by atoms with Crippen molar-refractivity contribution in [1.82, 2.24) is 20.3 Å². The fraction of sp³-hybridized carbons (Fsp3) is 0.286. The van der Waals surface area contributed by atoms with Gasteiger partial charge in [0.15, 0.2) is 5.69 Å². The van der Waals surface area contributed by atoms with E-state index in [0.29, 0.717) is 10.7 Å². The number of carbonyl (C=O) groups is 2. The van der Waals surface area contributed by atoms with E-state index in [9.17, 15) is 9.59 Å². The molecule has 0 fully saturated rings. The number of hydrogen-bond donors (Lipinski definition) is 2. The summed E-state index contributed by atoms with van der Waals surface area (Å²) in [6.45, 7) is 3.14. The lowest BCUT2D eigenvalue weighted by atomic mass is 10.0. The van der Waals surface area contributed by atoms with Gasteiger partial charge in [0.1, 0.15) is 0 Å². The van der Waals surface area contributed by atoms with E-state index in [0.717, 1.165) is 0 Å². The summed E-state index contributed by atoms with van der Waals surface area (Å²) >= 11 is 6.05. The van der Waals surface area contributed by atoms with Gasteiger partial charge in [0.2, 0.25) is 0 Å². The highest BCUT2D eigenvalue weighted by atomic mass is 35.5. The smallest absolute Gasteiger partial charge is 0.308 e. The monoisotopic (exact) mass is 322 g/mol. The molecule has 0 aliphatic rings. The van der Waals surface area contributed by atoms with Crippen molar-refractivity contribution < 1.29 is 14.7 Å². The minimum absolute atomic E-state index is 0.0874. The number of nitrogens with one attached hydrogen (secondary N) is 1. The van der Waals surface area contributed by atoms with Gasteiger partial charge in [-0.15, -0.1) is 5.10 Å². The lowest BCUT2D eigenvalue weighted by Crippen LogP contribution is -2.40. The van der Waals surface area contributed by atoms with Gasteiger partial charge in [-0.05, 0) is 26.0 Å². The summed E-state index contributed by atoms with van der Waals surface area (Å²) in [5, 5.41) is 19.6.